The molecule has 0 unspecified atom stereocenters. The average Bonchev–Trinajstić information content (AvgIpc) is 2.56. The van der Waals surface area contributed by atoms with Crippen LogP contribution in [0.25, 0.3) is 0 Å². The molecule has 0 radical (unpaired) electrons. The number of nitrogens with zero attached hydrogens (tertiary/aromatic N) is 1. The largest absolute Gasteiger partial charge is 0.378 e. The second kappa shape index (κ2) is 5.02. The van der Waals surface area contributed by atoms with Crippen molar-refractivity contribution < 1.29 is 0 Å². The zero-order valence-corrected chi connectivity index (χ0v) is 8.21. The van der Waals surface area contributed by atoms with E-state index >= 15 is 0 Å². The lowest BCUT2D eigenvalue weighted by Crippen LogP contribution is -2.17. The molecular weight excluding hydrogens is 146 g/mol. The molecule has 0 aromatic heterocycles. The van der Waals surface area contributed by atoms with E-state index < -0.39 is 0 Å². The van der Waals surface area contributed by atoms with Gasteiger partial charge in [-0.15, -0.1) is 0 Å². The summed E-state index contributed by atoms with van der Waals surface area (Å²) >= 11 is 0. The first-order valence-corrected chi connectivity index (χ1v) is 4.91. The maximum absolute atomic E-state index is 2.37. The van der Waals surface area contributed by atoms with Crippen molar-refractivity contribution in [2.75, 3.05) is 13.6 Å². The first kappa shape index (κ1) is 9.37. The van der Waals surface area contributed by atoms with Gasteiger partial charge >= 0.3 is 0 Å². The molecular formula is C11H19N. The second-order valence-electron chi connectivity index (χ2n) is 3.42. The van der Waals surface area contributed by atoms with Crippen molar-refractivity contribution in [3.05, 3.63) is 23.9 Å². The van der Waals surface area contributed by atoms with Crippen molar-refractivity contribution >= 4 is 0 Å². The van der Waals surface area contributed by atoms with Crippen molar-refractivity contribution in [2.24, 2.45) is 0 Å². The highest BCUT2D eigenvalue weighted by molar-refractivity contribution is 5.21. The number of hydrogen-bond donors (Lipinski definition) is 0. The summed E-state index contributed by atoms with van der Waals surface area (Å²) in [7, 11) is 2.19. The highest BCUT2D eigenvalue weighted by atomic mass is 15.1. The first-order chi connectivity index (χ1) is 5.84. The zero-order valence-electron chi connectivity index (χ0n) is 8.21. The third-order valence-corrected chi connectivity index (χ3v) is 2.34. The Bertz CT molecular complexity index is 179. The summed E-state index contributed by atoms with van der Waals surface area (Å²) in [6.07, 6.45) is 11.7. The van der Waals surface area contributed by atoms with Gasteiger partial charge in [-0.2, -0.15) is 0 Å². The van der Waals surface area contributed by atoms with Gasteiger partial charge < -0.3 is 4.90 Å². The van der Waals surface area contributed by atoms with Crippen LogP contribution in [0.3, 0.4) is 0 Å². The van der Waals surface area contributed by atoms with Gasteiger partial charge in [-0.05, 0) is 12.5 Å². The molecule has 1 aliphatic carbocycles. The van der Waals surface area contributed by atoms with Crippen LogP contribution in [0.4, 0.5) is 0 Å². The van der Waals surface area contributed by atoms with Gasteiger partial charge in [-0.25, -0.2) is 0 Å². The molecule has 0 aromatic rings. The maximum atomic E-state index is 2.37. The van der Waals surface area contributed by atoms with Crippen molar-refractivity contribution in [1.29, 1.82) is 0 Å². The van der Waals surface area contributed by atoms with Gasteiger partial charge in [0.25, 0.3) is 0 Å². The Balaban J connectivity index is 2.15. The monoisotopic (exact) mass is 165 g/mol. The molecule has 0 N–H and O–H groups in total. The molecule has 1 nitrogen and oxygen atoms in total. The summed E-state index contributed by atoms with van der Waals surface area (Å²) in [6.45, 7) is 3.46. The van der Waals surface area contributed by atoms with Crippen LogP contribution >= 0.6 is 0 Å². The SMILES string of the molecule is CCCCCN(C)C1=CC=CC1. The fourth-order valence-electron chi connectivity index (χ4n) is 1.46. The number of hydrogen-bond acceptors (Lipinski definition) is 1. The van der Waals surface area contributed by atoms with Gasteiger partial charge in [0.1, 0.15) is 0 Å². The van der Waals surface area contributed by atoms with Crippen molar-refractivity contribution in [3.8, 4) is 0 Å². The highest BCUT2D eigenvalue weighted by Crippen LogP contribution is 2.14. The molecule has 1 heteroatoms. The summed E-state index contributed by atoms with van der Waals surface area (Å²) in [5.74, 6) is 0. The molecule has 68 valence electrons. The fourth-order valence-corrected chi connectivity index (χ4v) is 1.46. The Kier molecular flexibility index (Phi) is 3.92. The molecule has 1 aliphatic rings. The standard InChI is InChI=1S/C11H19N/c1-3-4-7-10-12(2)11-8-5-6-9-11/h5-6,8H,3-4,7,9-10H2,1-2H3. The summed E-state index contributed by atoms with van der Waals surface area (Å²) in [5, 5.41) is 0. The Labute approximate surface area is 75.8 Å². The molecule has 0 saturated heterocycles. The van der Waals surface area contributed by atoms with Gasteiger partial charge in [0.15, 0.2) is 0 Å². The molecule has 0 spiro atoms. The molecule has 1 rings (SSSR count). The molecule has 0 bridgehead atoms. The molecule has 0 atom stereocenters. The van der Waals surface area contributed by atoms with Gasteiger partial charge in [0.2, 0.25) is 0 Å². The minimum atomic E-state index is 1.13. The van der Waals surface area contributed by atoms with Gasteiger partial charge in [0.05, 0.1) is 0 Å². The maximum Gasteiger partial charge on any atom is 0.0171 e. The lowest BCUT2D eigenvalue weighted by molar-refractivity contribution is 0.396. The molecule has 0 amide bonds. The van der Waals surface area contributed by atoms with E-state index in [1.807, 2.05) is 0 Å². The van der Waals surface area contributed by atoms with Gasteiger partial charge in [-0.3, -0.25) is 0 Å². The average molecular weight is 165 g/mol. The van der Waals surface area contributed by atoms with E-state index in [1.165, 1.54) is 31.5 Å². The number of unbranched alkanes of at least 4 members (excludes halogenated alkanes) is 2. The van der Waals surface area contributed by atoms with Crippen LogP contribution < -0.4 is 0 Å². The third-order valence-electron chi connectivity index (χ3n) is 2.34. The Hall–Kier alpha value is -0.720. The summed E-state index contributed by atoms with van der Waals surface area (Å²) in [6, 6.07) is 0. The molecule has 0 heterocycles. The van der Waals surface area contributed by atoms with Crippen molar-refractivity contribution in [2.45, 2.75) is 32.6 Å². The van der Waals surface area contributed by atoms with Crippen molar-refractivity contribution in [1.82, 2.24) is 4.90 Å². The van der Waals surface area contributed by atoms with Crippen LogP contribution in [0, 0.1) is 0 Å². The Morgan fingerprint density at radius 3 is 2.83 bits per heavy atom. The van der Waals surface area contributed by atoms with E-state index in [-0.39, 0.29) is 0 Å². The molecule has 0 fully saturated rings. The number of allylic oxidation sites excluding steroid dienone is 3. The Morgan fingerprint density at radius 1 is 1.42 bits per heavy atom. The predicted molar refractivity (Wildman–Crippen MR) is 54.0 cm³/mol. The summed E-state index contributed by atoms with van der Waals surface area (Å²) < 4.78 is 0. The second-order valence-corrected chi connectivity index (χ2v) is 3.42. The first-order valence-electron chi connectivity index (χ1n) is 4.91. The molecule has 0 aromatic carbocycles. The lowest BCUT2D eigenvalue weighted by atomic mass is 10.2. The minimum Gasteiger partial charge on any atom is -0.378 e. The fraction of sp³-hybridized carbons (Fsp3) is 0.636. The summed E-state index contributed by atoms with van der Waals surface area (Å²) in [5.41, 5.74) is 1.46. The molecule has 0 saturated carbocycles. The van der Waals surface area contributed by atoms with E-state index in [2.05, 4.69) is 37.1 Å². The van der Waals surface area contributed by atoms with Crippen LogP contribution in [-0.2, 0) is 0 Å². The highest BCUT2D eigenvalue weighted by Gasteiger charge is 2.03. The number of rotatable bonds is 5. The third kappa shape index (κ3) is 2.72. The summed E-state index contributed by atoms with van der Waals surface area (Å²) in [4.78, 5) is 2.37. The zero-order chi connectivity index (χ0) is 8.81. The van der Waals surface area contributed by atoms with E-state index in [1.54, 1.807) is 0 Å². The predicted octanol–water partition coefficient (Wildman–Crippen LogP) is 2.95. The van der Waals surface area contributed by atoms with E-state index in [0.29, 0.717) is 0 Å². The van der Waals surface area contributed by atoms with E-state index in [9.17, 15) is 0 Å². The van der Waals surface area contributed by atoms with Crippen LogP contribution in [0.2, 0.25) is 0 Å². The van der Waals surface area contributed by atoms with Gasteiger partial charge in [-0.1, -0.05) is 31.9 Å². The minimum absolute atomic E-state index is 1.13. The van der Waals surface area contributed by atoms with E-state index in [0.717, 1.165) is 6.42 Å². The molecule has 12 heavy (non-hydrogen) atoms. The van der Waals surface area contributed by atoms with Crippen LogP contribution in [-0.4, -0.2) is 18.5 Å². The molecule has 0 aliphatic heterocycles. The van der Waals surface area contributed by atoms with Crippen LogP contribution in [0.5, 0.6) is 0 Å². The quantitative estimate of drug-likeness (QED) is 0.566. The van der Waals surface area contributed by atoms with Crippen molar-refractivity contribution in [3.63, 3.8) is 0 Å². The Morgan fingerprint density at radius 2 is 2.25 bits per heavy atom. The normalized spacial score (nSPS) is 15.0. The smallest absolute Gasteiger partial charge is 0.0171 e. The van der Waals surface area contributed by atoms with E-state index in [4.69, 9.17) is 0 Å². The lowest BCUT2D eigenvalue weighted by Gasteiger charge is -2.19. The van der Waals surface area contributed by atoms with Gasteiger partial charge in [0, 0.05) is 25.7 Å². The van der Waals surface area contributed by atoms with Crippen LogP contribution in [0.1, 0.15) is 32.6 Å². The topological polar surface area (TPSA) is 3.24 Å². The van der Waals surface area contributed by atoms with Crippen LogP contribution in [0.15, 0.2) is 23.9 Å².